The molecular weight excluding hydrogens is 392 g/mol. The quantitative estimate of drug-likeness (QED) is 0.426. The third kappa shape index (κ3) is 7.61. The molecule has 0 bridgehead atoms. The zero-order valence-electron chi connectivity index (χ0n) is 18.3. The second-order valence-corrected chi connectivity index (χ2v) is 7.60. The number of carbonyl (C=O) groups is 1. The van der Waals surface area contributed by atoms with Crippen LogP contribution in [-0.2, 0) is 22.6 Å². The highest BCUT2D eigenvalue weighted by atomic mass is 16.5. The van der Waals surface area contributed by atoms with Crippen LogP contribution in [0.5, 0.6) is 5.75 Å². The largest absolute Gasteiger partial charge is 0.491 e. The molecule has 1 saturated heterocycles. The topological polar surface area (TPSA) is 84.0 Å². The summed E-state index contributed by atoms with van der Waals surface area (Å²) in [5.41, 5.74) is 3.23. The van der Waals surface area contributed by atoms with Crippen LogP contribution in [0.2, 0.25) is 0 Å². The number of aryl methyl sites for hydroxylation is 1. The van der Waals surface area contributed by atoms with E-state index in [4.69, 9.17) is 9.47 Å². The van der Waals surface area contributed by atoms with Crippen molar-refractivity contribution in [3.8, 4) is 5.75 Å². The third-order valence-electron chi connectivity index (χ3n) is 5.09. The standard InChI is InChI=1S/C24H32N4O3/c1-18-10-11-20(22(13-18)31-17-21-9-6-12-30-21)15-27-24(25-2)28-16-23(29)26-14-19-7-4-3-5-8-19/h3-5,7-8,10-11,13,21H,6,9,12,14-17H2,1-2H3,(H,26,29)(H2,25,27,28). The first-order valence-corrected chi connectivity index (χ1v) is 10.7. The number of hydrogen-bond donors (Lipinski definition) is 3. The molecule has 166 valence electrons. The summed E-state index contributed by atoms with van der Waals surface area (Å²) in [5, 5.41) is 9.19. The fraction of sp³-hybridized carbons (Fsp3) is 0.417. The second-order valence-electron chi connectivity index (χ2n) is 7.60. The van der Waals surface area contributed by atoms with Crippen molar-refractivity contribution >= 4 is 11.9 Å². The molecule has 7 nitrogen and oxygen atoms in total. The Morgan fingerprint density at radius 3 is 2.71 bits per heavy atom. The first-order chi connectivity index (χ1) is 15.1. The molecule has 0 spiro atoms. The van der Waals surface area contributed by atoms with E-state index in [1.165, 1.54) is 0 Å². The van der Waals surface area contributed by atoms with Crippen molar-refractivity contribution in [3.63, 3.8) is 0 Å². The van der Waals surface area contributed by atoms with Crippen molar-refractivity contribution in [1.29, 1.82) is 0 Å². The number of amides is 1. The minimum absolute atomic E-state index is 0.0947. The minimum Gasteiger partial charge on any atom is -0.491 e. The Hall–Kier alpha value is -3.06. The molecule has 31 heavy (non-hydrogen) atoms. The molecule has 3 N–H and O–H groups in total. The lowest BCUT2D eigenvalue weighted by Crippen LogP contribution is -2.42. The summed E-state index contributed by atoms with van der Waals surface area (Å²) in [6.07, 6.45) is 2.31. The molecule has 1 heterocycles. The van der Waals surface area contributed by atoms with Gasteiger partial charge in [0.15, 0.2) is 5.96 Å². The van der Waals surface area contributed by atoms with E-state index in [1.54, 1.807) is 7.05 Å². The van der Waals surface area contributed by atoms with Crippen LogP contribution in [0.1, 0.15) is 29.5 Å². The van der Waals surface area contributed by atoms with Gasteiger partial charge in [0.2, 0.25) is 5.91 Å². The van der Waals surface area contributed by atoms with Crippen molar-refractivity contribution in [3.05, 3.63) is 65.2 Å². The summed E-state index contributed by atoms with van der Waals surface area (Å²) >= 11 is 0. The van der Waals surface area contributed by atoms with Crippen LogP contribution < -0.4 is 20.7 Å². The molecule has 1 amide bonds. The number of ether oxygens (including phenoxy) is 2. The highest BCUT2D eigenvalue weighted by Crippen LogP contribution is 2.22. The van der Waals surface area contributed by atoms with E-state index in [1.807, 2.05) is 49.4 Å². The van der Waals surface area contributed by atoms with Gasteiger partial charge in [0.05, 0.1) is 12.6 Å². The number of rotatable bonds is 9. The number of aliphatic imine (C=N–C) groups is 1. The average Bonchev–Trinajstić information content (AvgIpc) is 3.32. The van der Waals surface area contributed by atoms with Gasteiger partial charge in [-0.15, -0.1) is 0 Å². The number of benzene rings is 2. The lowest BCUT2D eigenvalue weighted by molar-refractivity contribution is -0.120. The van der Waals surface area contributed by atoms with Crippen LogP contribution in [0.25, 0.3) is 0 Å². The van der Waals surface area contributed by atoms with Crippen LogP contribution in [0.4, 0.5) is 0 Å². The molecule has 0 radical (unpaired) electrons. The summed E-state index contributed by atoms with van der Waals surface area (Å²) in [6, 6.07) is 16.0. The number of hydrogen-bond acceptors (Lipinski definition) is 4. The maximum absolute atomic E-state index is 12.1. The van der Waals surface area contributed by atoms with Crippen LogP contribution >= 0.6 is 0 Å². The number of guanidine groups is 1. The zero-order chi connectivity index (χ0) is 21.9. The van der Waals surface area contributed by atoms with Gasteiger partial charge in [-0.3, -0.25) is 9.79 Å². The van der Waals surface area contributed by atoms with E-state index in [0.717, 1.165) is 41.9 Å². The smallest absolute Gasteiger partial charge is 0.239 e. The molecular formula is C24H32N4O3. The molecule has 0 aliphatic carbocycles. The SMILES string of the molecule is CN=C(NCC(=O)NCc1ccccc1)NCc1ccc(C)cc1OCC1CCCO1. The normalized spacial score (nSPS) is 16.1. The van der Waals surface area contributed by atoms with Crippen molar-refractivity contribution in [2.45, 2.75) is 39.0 Å². The Balaban J connectivity index is 1.45. The van der Waals surface area contributed by atoms with E-state index in [-0.39, 0.29) is 18.6 Å². The molecule has 1 atom stereocenters. The first kappa shape index (κ1) is 22.6. The predicted molar refractivity (Wildman–Crippen MR) is 122 cm³/mol. The molecule has 1 unspecified atom stereocenters. The van der Waals surface area contributed by atoms with Gasteiger partial charge in [-0.2, -0.15) is 0 Å². The summed E-state index contributed by atoms with van der Waals surface area (Å²) in [4.78, 5) is 16.3. The highest BCUT2D eigenvalue weighted by Gasteiger charge is 2.17. The van der Waals surface area contributed by atoms with E-state index in [2.05, 4.69) is 27.0 Å². The molecule has 0 saturated carbocycles. The van der Waals surface area contributed by atoms with E-state index in [0.29, 0.717) is 25.7 Å². The second kappa shape index (κ2) is 12.0. The van der Waals surface area contributed by atoms with Crippen molar-refractivity contribution < 1.29 is 14.3 Å². The lowest BCUT2D eigenvalue weighted by Gasteiger charge is -2.17. The maximum Gasteiger partial charge on any atom is 0.239 e. The van der Waals surface area contributed by atoms with Crippen molar-refractivity contribution in [2.24, 2.45) is 4.99 Å². The fourth-order valence-corrected chi connectivity index (χ4v) is 3.32. The van der Waals surface area contributed by atoms with Gasteiger partial charge in [-0.25, -0.2) is 0 Å². The van der Waals surface area contributed by atoms with Gasteiger partial charge in [-0.1, -0.05) is 42.5 Å². The van der Waals surface area contributed by atoms with E-state index in [9.17, 15) is 4.79 Å². The summed E-state index contributed by atoms with van der Waals surface area (Å²) in [6.45, 7) is 4.60. The monoisotopic (exact) mass is 424 g/mol. The van der Waals surface area contributed by atoms with Gasteiger partial charge < -0.3 is 25.4 Å². The van der Waals surface area contributed by atoms with Crippen LogP contribution in [0.3, 0.4) is 0 Å². The number of nitrogens with one attached hydrogen (secondary N) is 3. The summed E-state index contributed by atoms with van der Waals surface area (Å²) in [7, 11) is 1.68. The van der Waals surface area contributed by atoms with Gasteiger partial charge in [0, 0.05) is 32.3 Å². The van der Waals surface area contributed by atoms with Crippen molar-refractivity contribution in [1.82, 2.24) is 16.0 Å². The van der Waals surface area contributed by atoms with Gasteiger partial charge in [0.1, 0.15) is 12.4 Å². The highest BCUT2D eigenvalue weighted by molar-refractivity contribution is 5.86. The molecule has 1 fully saturated rings. The minimum atomic E-state index is -0.0947. The predicted octanol–water partition coefficient (Wildman–Crippen LogP) is 2.53. The van der Waals surface area contributed by atoms with Gasteiger partial charge in [-0.05, 0) is 37.0 Å². The molecule has 7 heteroatoms. The van der Waals surface area contributed by atoms with Crippen LogP contribution in [0, 0.1) is 6.92 Å². The number of carbonyl (C=O) groups excluding carboxylic acids is 1. The summed E-state index contributed by atoms with van der Waals surface area (Å²) < 4.78 is 11.7. The maximum atomic E-state index is 12.1. The third-order valence-corrected chi connectivity index (χ3v) is 5.09. The Morgan fingerprint density at radius 2 is 1.97 bits per heavy atom. The Kier molecular flexibility index (Phi) is 8.72. The first-order valence-electron chi connectivity index (χ1n) is 10.7. The van der Waals surface area contributed by atoms with Crippen molar-refractivity contribution in [2.75, 3.05) is 26.8 Å². The molecule has 1 aliphatic rings. The molecule has 2 aromatic carbocycles. The Labute approximate surface area is 184 Å². The van der Waals surface area contributed by atoms with Gasteiger partial charge in [0.25, 0.3) is 0 Å². The molecule has 3 rings (SSSR count). The van der Waals surface area contributed by atoms with Crippen LogP contribution in [0.15, 0.2) is 53.5 Å². The zero-order valence-corrected chi connectivity index (χ0v) is 18.3. The fourth-order valence-electron chi connectivity index (χ4n) is 3.32. The average molecular weight is 425 g/mol. The van der Waals surface area contributed by atoms with E-state index >= 15 is 0 Å². The van der Waals surface area contributed by atoms with Gasteiger partial charge >= 0.3 is 0 Å². The Bertz CT molecular complexity index is 864. The van der Waals surface area contributed by atoms with E-state index < -0.39 is 0 Å². The van der Waals surface area contributed by atoms with Crippen LogP contribution in [-0.4, -0.2) is 44.8 Å². The Morgan fingerprint density at radius 1 is 1.13 bits per heavy atom. The molecule has 2 aromatic rings. The number of nitrogens with zero attached hydrogens (tertiary/aromatic N) is 1. The lowest BCUT2D eigenvalue weighted by atomic mass is 10.1. The molecule has 0 aromatic heterocycles. The summed E-state index contributed by atoms with van der Waals surface area (Å²) in [5.74, 6) is 1.31. The molecule has 1 aliphatic heterocycles.